The van der Waals surface area contributed by atoms with E-state index in [1.807, 2.05) is 69.2 Å². The van der Waals surface area contributed by atoms with Crippen LogP contribution in [-0.2, 0) is 33.5 Å². The SMILES string of the molecule is CCC(C)N1CCCC[C@@H]1C(=O)N[C@H](C(=O)N(C)[C@H](/C=C(\C)C(=O)O)C(C)C)C(C)(C)C.CCOC(=O)/C(C)=C/[C@H](C(C)C)N(C)C(=O)[C@@H](NC(=O)C1CCCCN1C(C)CC)C(C)(C)C.[Li+].[OH-]. The van der Waals surface area contributed by atoms with Crippen LogP contribution in [0.3, 0.4) is 0 Å². The molecule has 0 bridgehead atoms. The zero-order valence-electron chi connectivity index (χ0n) is 46.2. The van der Waals surface area contributed by atoms with E-state index in [9.17, 15) is 33.9 Å². The van der Waals surface area contributed by atoms with Gasteiger partial charge in [-0.1, -0.05) is 108 Å². The van der Waals surface area contributed by atoms with Crippen molar-refractivity contribution in [1.82, 2.24) is 30.2 Å². The number of hydrogen-bond donors (Lipinski definition) is 3. The van der Waals surface area contributed by atoms with Crippen molar-refractivity contribution in [3.63, 3.8) is 0 Å². The molecule has 8 atom stereocenters. The van der Waals surface area contributed by atoms with Crippen molar-refractivity contribution in [2.75, 3.05) is 33.8 Å². The Kier molecular flexibility index (Phi) is 30.0. The van der Waals surface area contributed by atoms with E-state index in [2.05, 4.69) is 48.1 Å². The number of aliphatic carboxylic acids is 1. The summed E-state index contributed by atoms with van der Waals surface area (Å²) in [6.07, 6.45) is 11.2. The molecular formula is C52H95LiN6O9. The number of piperidine rings is 2. The number of ether oxygens (including phenoxy) is 1. The molecule has 0 radical (unpaired) electrons. The molecule has 0 aromatic rings. The van der Waals surface area contributed by atoms with Crippen LogP contribution >= 0.6 is 0 Å². The van der Waals surface area contributed by atoms with E-state index < -0.39 is 28.9 Å². The van der Waals surface area contributed by atoms with E-state index in [-0.39, 0.29) is 95.5 Å². The fraction of sp³-hybridized carbons (Fsp3) is 0.808. The molecule has 0 aromatic carbocycles. The zero-order chi connectivity index (χ0) is 51.0. The van der Waals surface area contributed by atoms with Crippen LogP contribution in [0, 0.1) is 22.7 Å². The quantitative estimate of drug-likeness (QED) is 0.0924. The predicted molar refractivity (Wildman–Crippen MR) is 267 cm³/mol. The Morgan fingerprint density at radius 2 is 0.985 bits per heavy atom. The maximum Gasteiger partial charge on any atom is 1.00 e. The minimum atomic E-state index is -1.00. The number of hydrogen-bond acceptors (Lipinski definition) is 10. The Balaban J connectivity index is 0. The third-order valence-corrected chi connectivity index (χ3v) is 13.5. The second-order valence-corrected chi connectivity index (χ2v) is 21.7. The van der Waals surface area contributed by atoms with Crippen LogP contribution in [-0.4, -0.2) is 148 Å². The Bertz CT molecular complexity index is 1670. The van der Waals surface area contributed by atoms with E-state index in [0.29, 0.717) is 24.3 Å². The van der Waals surface area contributed by atoms with Gasteiger partial charge in [-0.25, -0.2) is 9.59 Å². The van der Waals surface area contributed by atoms with Crippen LogP contribution in [0.1, 0.15) is 169 Å². The Hall–Kier alpha value is -3.22. The van der Waals surface area contributed by atoms with Crippen molar-refractivity contribution in [3.8, 4) is 0 Å². The van der Waals surface area contributed by atoms with Gasteiger partial charge >= 0.3 is 30.8 Å². The van der Waals surface area contributed by atoms with Crippen LogP contribution in [0.5, 0.6) is 0 Å². The summed E-state index contributed by atoms with van der Waals surface area (Å²) in [7, 11) is 3.44. The van der Waals surface area contributed by atoms with Crippen LogP contribution in [0.15, 0.2) is 23.3 Å². The van der Waals surface area contributed by atoms with Gasteiger partial charge in [-0.3, -0.25) is 29.0 Å². The number of likely N-dealkylation sites (tertiary alicyclic amines) is 2. The second kappa shape index (κ2) is 30.5. The molecule has 4 N–H and O–H groups in total. The topological polar surface area (TPSA) is 199 Å². The smallest absolute Gasteiger partial charge is 0.870 e. The van der Waals surface area contributed by atoms with E-state index in [1.54, 1.807) is 49.9 Å². The molecule has 15 nitrogen and oxygen atoms in total. The van der Waals surface area contributed by atoms with E-state index in [0.717, 1.165) is 64.5 Å². The van der Waals surface area contributed by atoms with Gasteiger partial charge in [0.2, 0.25) is 23.6 Å². The number of carboxylic acid groups (broad SMARTS) is 1. The fourth-order valence-corrected chi connectivity index (χ4v) is 8.87. The maximum absolute atomic E-state index is 13.8. The van der Waals surface area contributed by atoms with Gasteiger partial charge in [0.1, 0.15) is 12.1 Å². The number of nitrogens with one attached hydrogen (secondary N) is 2. The zero-order valence-corrected chi connectivity index (χ0v) is 46.2. The summed E-state index contributed by atoms with van der Waals surface area (Å²) in [5, 5.41) is 15.5. The molecule has 2 fully saturated rings. The number of carbonyl (C=O) groups excluding carboxylic acids is 5. The Morgan fingerprint density at radius 1 is 0.647 bits per heavy atom. The van der Waals surface area contributed by atoms with Gasteiger partial charge in [0.05, 0.1) is 30.8 Å². The molecule has 2 saturated heterocycles. The van der Waals surface area contributed by atoms with Gasteiger partial charge in [0, 0.05) is 37.3 Å². The first kappa shape index (κ1) is 66.9. The first-order valence-electron chi connectivity index (χ1n) is 24.9. The first-order chi connectivity index (χ1) is 30.5. The van der Waals surface area contributed by atoms with Gasteiger partial charge in [0.25, 0.3) is 0 Å². The van der Waals surface area contributed by atoms with E-state index >= 15 is 0 Å². The van der Waals surface area contributed by atoms with Crippen LogP contribution in [0.2, 0.25) is 0 Å². The number of nitrogens with zero attached hydrogens (tertiary/aromatic N) is 4. The van der Waals surface area contributed by atoms with Crippen molar-refractivity contribution in [1.29, 1.82) is 0 Å². The molecule has 2 aliphatic rings. The summed E-state index contributed by atoms with van der Waals surface area (Å²) in [5.41, 5.74) is -0.295. The average molecular weight is 955 g/mol. The minimum absolute atomic E-state index is 0. The number of amides is 4. The number of rotatable bonds is 19. The molecule has 2 aliphatic heterocycles. The average Bonchev–Trinajstić information content (AvgIpc) is 3.25. The van der Waals surface area contributed by atoms with Crippen molar-refractivity contribution in [2.24, 2.45) is 22.7 Å². The van der Waals surface area contributed by atoms with Crippen molar-refractivity contribution < 1.29 is 62.9 Å². The molecule has 3 unspecified atom stereocenters. The van der Waals surface area contributed by atoms with Crippen LogP contribution < -0.4 is 29.5 Å². The van der Waals surface area contributed by atoms with Crippen molar-refractivity contribution in [2.45, 2.75) is 217 Å². The van der Waals surface area contributed by atoms with Crippen molar-refractivity contribution in [3.05, 3.63) is 23.3 Å². The maximum atomic E-state index is 13.8. The molecule has 16 heteroatoms. The molecule has 0 aliphatic carbocycles. The van der Waals surface area contributed by atoms with Crippen molar-refractivity contribution >= 4 is 35.6 Å². The van der Waals surface area contributed by atoms with Gasteiger partial charge < -0.3 is 35.8 Å². The summed E-state index contributed by atoms with van der Waals surface area (Å²) in [6, 6.07) is -1.87. The van der Waals surface area contributed by atoms with E-state index in [1.165, 1.54) is 6.92 Å². The summed E-state index contributed by atoms with van der Waals surface area (Å²) in [6.45, 7) is 35.4. The summed E-state index contributed by atoms with van der Waals surface area (Å²) in [5.74, 6) is -1.80. The normalized spacial score (nSPS) is 20.1. The number of carbonyl (C=O) groups is 6. The summed E-state index contributed by atoms with van der Waals surface area (Å²) in [4.78, 5) is 85.5. The monoisotopic (exact) mass is 955 g/mol. The number of carboxylic acids is 1. The number of esters is 1. The molecule has 2 heterocycles. The molecule has 4 amide bonds. The fourth-order valence-electron chi connectivity index (χ4n) is 8.87. The summed E-state index contributed by atoms with van der Waals surface area (Å²) >= 11 is 0. The largest absolute Gasteiger partial charge is 1.00 e. The standard InChI is InChI=1S/C27H49N3O4.C25H45N3O4.Li.H2O/c1-11-20(6)30-16-14-13-15-21(30)24(31)28-23(27(7,8)9)25(32)29(10)22(18(3)4)17-19(5)26(33)34-12-2;1-10-18(5)28-14-12-11-13-19(28)22(29)26-21(25(6,7)8)23(30)27(9)20(16(2)3)15-17(4)24(31)32;;/h17-18,20-23H,11-16H2,1-10H3,(H,28,31);15-16,18-21H,10-14H2,1-9H3,(H,26,29)(H,31,32);;1H2/q;;+1;/p-1/b19-17+;17-15+;;/t20?,21?,22-,23-;18?,19-,20-,21-;;/m11../s1. The molecule has 0 aromatic heterocycles. The van der Waals surface area contributed by atoms with Gasteiger partial charge in [-0.15, -0.1) is 0 Å². The Labute approximate surface area is 424 Å². The molecule has 0 saturated carbocycles. The van der Waals surface area contributed by atoms with Crippen LogP contribution in [0.25, 0.3) is 0 Å². The predicted octanol–water partition coefficient (Wildman–Crippen LogP) is 4.67. The van der Waals surface area contributed by atoms with Gasteiger partial charge in [-0.05, 0) is 109 Å². The first-order valence-corrected chi connectivity index (χ1v) is 24.9. The van der Waals surface area contributed by atoms with Gasteiger partial charge in [-0.2, -0.15) is 0 Å². The molecule has 68 heavy (non-hydrogen) atoms. The van der Waals surface area contributed by atoms with Crippen LogP contribution in [0.4, 0.5) is 0 Å². The van der Waals surface area contributed by atoms with Gasteiger partial charge in [0.15, 0.2) is 0 Å². The third-order valence-electron chi connectivity index (χ3n) is 13.5. The van der Waals surface area contributed by atoms with E-state index in [4.69, 9.17) is 4.74 Å². The summed E-state index contributed by atoms with van der Waals surface area (Å²) < 4.78 is 5.11. The molecule has 0 spiro atoms. The molecule has 2 rings (SSSR count). The molecular weight excluding hydrogens is 860 g/mol. The molecule has 388 valence electrons. The third kappa shape index (κ3) is 19.9. The number of likely N-dealkylation sites (N-methyl/N-ethyl adjacent to an activating group) is 2. The Morgan fingerprint density at radius 3 is 1.26 bits per heavy atom. The second-order valence-electron chi connectivity index (χ2n) is 21.7. The minimum Gasteiger partial charge on any atom is -0.870 e.